The number of halogens is 1. The second-order valence-corrected chi connectivity index (χ2v) is 5.32. The molecule has 0 bridgehead atoms. The molecule has 0 aliphatic heterocycles. The van der Waals surface area contributed by atoms with E-state index >= 15 is 0 Å². The summed E-state index contributed by atoms with van der Waals surface area (Å²) in [5.74, 6) is 0.915. The highest BCUT2D eigenvalue weighted by Crippen LogP contribution is 2.25. The van der Waals surface area contributed by atoms with Crippen LogP contribution in [-0.4, -0.2) is 15.8 Å². The monoisotopic (exact) mass is 289 g/mol. The van der Waals surface area contributed by atoms with Crippen LogP contribution in [-0.2, 0) is 0 Å². The van der Waals surface area contributed by atoms with Crippen LogP contribution in [0.1, 0.15) is 30.6 Å². The van der Waals surface area contributed by atoms with E-state index in [1.165, 1.54) is 12.5 Å². The molecule has 0 fully saturated rings. The zero-order chi connectivity index (χ0) is 14.5. The van der Waals surface area contributed by atoms with Gasteiger partial charge in [-0.15, -0.1) is 0 Å². The van der Waals surface area contributed by atoms with Crippen LogP contribution in [0.4, 0.5) is 11.5 Å². The van der Waals surface area contributed by atoms with Gasteiger partial charge in [0.05, 0.1) is 11.9 Å². The Bertz CT molecular complexity index is 614. The Hall–Kier alpha value is -1.94. The van der Waals surface area contributed by atoms with Crippen molar-refractivity contribution in [3.8, 4) is 0 Å². The summed E-state index contributed by atoms with van der Waals surface area (Å²) in [6.45, 7) is 4.05. The molecule has 104 valence electrons. The van der Waals surface area contributed by atoms with Gasteiger partial charge in [0.2, 0.25) is 0 Å². The number of nitrogens with one attached hydrogen (secondary N) is 1. The van der Waals surface area contributed by atoms with Crippen molar-refractivity contribution in [2.45, 2.75) is 20.3 Å². The summed E-state index contributed by atoms with van der Waals surface area (Å²) in [6.07, 6.45) is 3.43. The third kappa shape index (κ3) is 3.54. The number of aromatic nitrogens is 2. The molecule has 0 amide bonds. The van der Waals surface area contributed by atoms with E-state index in [-0.39, 0.29) is 5.78 Å². The quantitative estimate of drug-likeness (QED) is 0.842. The molecule has 0 atom stereocenters. The highest BCUT2D eigenvalue weighted by molar-refractivity contribution is 6.32. The normalized spacial score (nSPS) is 10.6. The van der Waals surface area contributed by atoms with E-state index < -0.39 is 0 Å². The van der Waals surface area contributed by atoms with Crippen molar-refractivity contribution in [1.82, 2.24) is 9.97 Å². The molecule has 0 saturated heterocycles. The first-order valence-corrected chi connectivity index (χ1v) is 6.80. The first-order chi connectivity index (χ1) is 9.58. The summed E-state index contributed by atoms with van der Waals surface area (Å²) in [7, 11) is 0. The SMILES string of the molecule is CC(C)CC(=O)c1ccccc1Nc1ncncc1Cl. The van der Waals surface area contributed by atoms with Crippen LogP contribution >= 0.6 is 11.6 Å². The van der Waals surface area contributed by atoms with Gasteiger partial charge >= 0.3 is 0 Å². The molecular weight excluding hydrogens is 274 g/mol. The predicted molar refractivity (Wildman–Crippen MR) is 80.6 cm³/mol. The Morgan fingerprint density at radius 2 is 2.10 bits per heavy atom. The van der Waals surface area contributed by atoms with Crippen molar-refractivity contribution in [2.75, 3.05) is 5.32 Å². The number of hydrogen-bond acceptors (Lipinski definition) is 4. The number of Topliss-reactive ketones (excluding diaryl/α,β-unsaturated/α-hetero) is 1. The number of anilines is 2. The molecule has 0 aliphatic carbocycles. The maximum atomic E-state index is 12.2. The molecule has 0 unspecified atom stereocenters. The van der Waals surface area contributed by atoms with E-state index in [9.17, 15) is 4.79 Å². The zero-order valence-electron chi connectivity index (χ0n) is 11.4. The van der Waals surface area contributed by atoms with Crippen molar-refractivity contribution in [3.63, 3.8) is 0 Å². The van der Waals surface area contributed by atoms with Crippen LogP contribution in [0.15, 0.2) is 36.8 Å². The molecule has 1 heterocycles. The third-order valence-corrected chi connectivity index (χ3v) is 3.02. The molecule has 4 nitrogen and oxygen atoms in total. The van der Waals surface area contributed by atoms with Crippen LogP contribution in [0.25, 0.3) is 0 Å². The summed E-state index contributed by atoms with van der Waals surface area (Å²) in [4.78, 5) is 20.1. The van der Waals surface area contributed by atoms with Crippen LogP contribution in [0, 0.1) is 5.92 Å². The fourth-order valence-electron chi connectivity index (χ4n) is 1.85. The molecule has 1 aromatic heterocycles. The summed E-state index contributed by atoms with van der Waals surface area (Å²) in [5, 5.41) is 3.51. The van der Waals surface area contributed by atoms with Gasteiger partial charge in [-0.05, 0) is 18.1 Å². The fourth-order valence-corrected chi connectivity index (χ4v) is 2.00. The van der Waals surface area contributed by atoms with E-state index in [2.05, 4.69) is 15.3 Å². The number of nitrogens with zero attached hydrogens (tertiary/aromatic N) is 2. The van der Waals surface area contributed by atoms with E-state index in [1.807, 2.05) is 38.1 Å². The lowest BCUT2D eigenvalue weighted by molar-refractivity contribution is 0.0968. The molecule has 5 heteroatoms. The Morgan fingerprint density at radius 3 is 2.80 bits per heavy atom. The Labute approximate surface area is 123 Å². The molecule has 20 heavy (non-hydrogen) atoms. The predicted octanol–water partition coefficient (Wildman–Crippen LogP) is 4.10. The van der Waals surface area contributed by atoms with E-state index in [4.69, 9.17) is 11.6 Å². The summed E-state index contributed by atoms with van der Waals surface area (Å²) < 4.78 is 0. The number of rotatable bonds is 5. The lowest BCUT2D eigenvalue weighted by Crippen LogP contribution is -2.07. The van der Waals surface area contributed by atoms with Gasteiger partial charge < -0.3 is 5.32 Å². The smallest absolute Gasteiger partial charge is 0.165 e. The molecule has 1 N–H and O–H groups in total. The van der Waals surface area contributed by atoms with Gasteiger partial charge in [0.1, 0.15) is 11.3 Å². The second-order valence-electron chi connectivity index (χ2n) is 4.91. The van der Waals surface area contributed by atoms with Gasteiger partial charge in [-0.1, -0.05) is 37.6 Å². The molecule has 2 aromatic rings. The maximum absolute atomic E-state index is 12.2. The van der Waals surface area contributed by atoms with Gasteiger partial charge in [0.15, 0.2) is 11.6 Å². The minimum atomic E-state index is 0.105. The van der Waals surface area contributed by atoms with Gasteiger partial charge in [0.25, 0.3) is 0 Å². The number of ketones is 1. The molecule has 0 aliphatic rings. The first kappa shape index (κ1) is 14.5. The minimum Gasteiger partial charge on any atom is -0.338 e. The average molecular weight is 290 g/mol. The number of para-hydroxylation sites is 1. The van der Waals surface area contributed by atoms with Gasteiger partial charge in [-0.25, -0.2) is 9.97 Å². The molecular formula is C15H16ClN3O. The van der Waals surface area contributed by atoms with Gasteiger partial charge in [-0.3, -0.25) is 4.79 Å². The van der Waals surface area contributed by atoms with E-state index in [0.29, 0.717) is 34.4 Å². The Morgan fingerprint density at radius 1 is 1.35 bits per heavy atom. The summed E-state index contributed by atoms with van der Waals surface area (Å²) in [6, 6.07) is 7.36. The number of carbonyl (C=O) groups is 1. The lowest BCUT2D eigenvalue weighted by Gasteiger charge is -2.12. The number of hydrogen-bond donors (Lipinski definition) is 1. The lowest BCUT2D eigenvalue weighted by atomic mass is 10.00. The second kappa shape index (κ2) is 6.48. The highest BCUT2D eigenvalue weighted by Gasteiger charge is 2.13. The van der Waals surface area contributed by atoms with Crippen LogP contribution in [0.5, 0.6) is 0 Å². The highest BCUT2D eigenvalue weighted by atomic mass is 35.5. The summed E-state index contributed by atoms with van der Waals surface area (Å²) in [5.41, 5.74) is 1.36. The minimum absolute atomic E-state index is 0.105. The van der Waals surface area contributed by atoms with E-state index in [1.54, 1.807) is 0 Å². The summed E-state index contributed by atoms with van der Waals surface area (Å²) >= 11 is 6.02. The van der Waals surface area contributed by atoms with Crippen LogP contribution in [0.3, 0.4) is 0 Å². The molecule has 1 aromatic carbocycles. The standard InChI is InChI=1S/C15H16ClN3O/c1-10(2)7-14(20)11-5-3-4-6-13(11)19-15-12(16)8-17-9-18-15/h3-6,8-10H,7H2,1-2H3,(H,17,18,19). The van der Waals surface area contributed by atoms with Crippen LogP contribution < -0.4 is 5.32 Å². The Balaban J connectivity index is 2.29. The molecule has 0 radical (unpaired) electrons. The van der Waals surface area contributed by atoms with Gasteiger partial charge in [-0.2, -0.15) is 0 Å². The van der Waals surface area contributed by atoms with Crippen molar-refractivity contribution in [2.24, 2.45) is 5.92 Å². The topological polar surface area (TPSA) is 54.9 Å². The van der Waals surface area contributed by atoms with Gasteiger partial charge in [0, 0.05) is 12.0 Å². The van der Waals surface area contributed by atoms with Crippen molar-refractivity contribution in [3.05, 3.63) is 47.4 Å². The van der Waals surface area contributed by atoms with Crippen molar-refractivity contribution < 1.29 is 4.79 Å². The molecule has 0 saturated carbocycles. The fraction of sp³-hybridized carbons (Fsp3) is 0.267. The van der Waals surface area contributed by atoms with E-state index in [0.717, 1.165) is 0 Å². The number of benzene rings is 1. The average Bonchev–Trinajstić information content (AvgIpc) is 2.41. The third-order valence-electron chi connectivity index (χ3n) is 2.74. The number of carbonyl (C=O) groups excluding carboxylic acids is 1. The molecule has 2 rings (SSSR count). The molecule has 0 spiro atoms. The van der Waals surface area contributed by atoms with Crippen molar-refractivity contribution >= 4 is 28.9 Å². The van der Waals surface area contributed by atoms with Crippen LogP contribution in [0.2, 0.25) is 5.02 Å². The van der Waals surface area contributed by atoms with Crippen molar-refractivity contribution in [1.29, 1.82) is 0 Å². The Kier molecular flexibility index (Phi) is 4.69. The maximum Gasteiger partial charge on any atom is 0.165 e. The largest absolute Gasteiger partial charge is 0.338 e. The zero-order valence-corrected chi connectivity index (χ0v) is 12.2. The first-order valence-electron chi connectivity index (χ1n) is 6.42.